The first-order valence-electron chi connectivity index (χ1n) is 7.26. The van der Waals surface area contributed by atoms with Crippen LogP contribution in [0.15, 0.2) is 48.5 Å². The summed E-state index contributed by atoms with van der Waals surface area (Å²) in [4.78, 5) is 36.6. The molecule has 2 aromatic rings. The van der Waals surface area contributed by atoms with E-state index in [-0.39, 0.29) is 17.4 Å². The van der Waals surface area contributed by atoms with Crippen LogP contribution in [0.25, 0.3) is 0 Å². The predicted octanol–water partition coefficient (Wildman–Crippen LogP) is 3.22. The number of hydrogen-bond acceptors (Lipinski definition) is 4. The number of anilines is 1. The summed E-state index contributed by atoms with van der Waals surface area (Å²) < 4.78 is 0. The number of carbonyl (C=O) groups is 2. The molecule has 2 aromatic carbocycles. The number of nitro groups is 1. The van der Waals surface area contributed by atoms with E-state index in [1.54, 1.807) is 29.2 Å². The fraction of sp³-hybridized carbons (Fsp3) is 0.176. The van der Waals surface area contributed by atoms with Gasteiger partial charge in [-0.05, 0) is 30.7 Å². The Hall–Kier alpha value is -3.02. The monoisotopic (exact) mass is 310 g/mol. The van der Waals surface area contributed by atoms with Crippen molar-refractivity contribution in [3.8, 4) is 0 Å². The summed E-state index contributed by atoms with van der Waals surface area (Å²) in [6.45, 7) is 0.443. The molecule has 0 fully saturated rings. The molecular weight excluding hydrogens is 296 g/mol. The molecule has 0 bridgehead atoms. The second kappa shape index (κ2) is 6.00. The molecule has 1 aliphatic rings. The molecule has 0 saturated carbocycles. The normalized spacial score (nSPS) is 14.1. The highest BCUT2D eigenvalue weighted by atomic mass is 16.6. The molecule has 6 nitrogen and oxygen atoms in total. The lowest BCUT2D eigenvalue weighted by molar-refractivity contribution is -0.384. The van der Waals surface area contributed by atoms with E-state index in [9.17, 15) is 19.7 Å². The number of ketones is 1. The van der Waals surface area contributed by atoms with Gasteiger partial charge in [-0.2, -0.15) is 0 Å². The van der Waals surface area contributed by atoms with E-state index in [0.717, 1.165) is 0 Å². The zero-order chi connectivity index (χ0) is 16.4. The van der Waals surface area contributed by atoms with E-state index in [1.165, 1.54) is 24.3 Å². The summed E-state index contributed by atoms with van der Waals surface area (Å²) in [6.07, 6.45) is 0.993. The summed E-state index contributed by atoms with van der Waals surface area (Å²) in [7, 11) is 0. The highest BCUT2D eigenvalue weighted by Crippen LogP contribution is 2.27. The lowest BCUT2D eigenvalue weighted by Crippen LogP contribution is -2.31. The van der Waals surface area contributed by atoms with E-state index < -0.39 is 4.92 Å². The van der Waals surface area contributed by atoms with Gasteiger partial charge in [-0.25, -0.2) is 0 Å². The van der Waals surface area contributed by atoms with Crippen molar-refractivity contribution in [1.29, 1.82) is 0 Å². The number of non-ortho nitro benzene ring substituents is 1. The summed E-state index contributed by atoms with van der Waals surface area (Å²) in [5.41, 5.74) is 1.44. The van der Waals surface area contributed by atoms with E-state index in [4.69, 9.17) is 0 Å². The number of rotatable bonds is 2. The zero-order valence-electron chi connectivity index (χ0n) is 12.3. The van der Waals surface area contributed by atoms with E-state index in [0.29, 0.717) is 36.2 Å². The molecule has 0 aromatic heterocycles. The summed E-state index contributed by atoms with van der Waals surface area (Å²) in [6, 6.07) is 12.5. The minimum Gasteiger partial charge on any atom is -0.308 e. The van der Waals surface area contributed by atoms with Crippen molar-refractivity contribution < 1.29 is 14.5 Å². The van der Waals surface area contributed by atoms with Crippen LogP contribution in [0.5, 0.6) is 0 Å². The quantitative estimate of drug-likeness (QED) is 0.630. The second-order valence-electron chi connectivity index (χ2n) is 5.30. The van der Waals surface area contributed by atoms with Crippen LogP contribution in [-0.2, 0) is 0 Å². The molecule has 116 valence electrons. The maximum Gasteiger partial charge on any atom is 0.269 e. The molecule has 0 atom stereocenters. The predicted molar refractivity (Wildman–Crippen MR) is 84.8 cm³/mol. The molecule has 0 N–H and O–H groups in total. The van der Waals surface area contributed by atoms with Gasteiger partial charge in [0.25, 0.3) is 11.6 Å². The van der Waals surface area contributed by atoms with Crippen molar-refractivity contribution in [2.75, 3.05) is 11.4 Å². The van der Waals surface area contributed by atoms with Gasteiger partial charge in [0.05, 0.1) is 10.6 Å². The Kier molecular flexibility index (Phi) is 3.89. The average molecular weight is 310 g/mol. The lowest BCUT2D eigenvalue weighted by Gasteiger charge is -2.22. The molecular formula is C17H14N2O4. The van der Waals surface area contributed by atoms with Gasteiger partial charge < -0.3 is 4.90 Å². The van der Waals surface area contributed by atoms with Crippen molar-refractivity contribution in [2.45, 2.75) is 12.8 Å². The largest absolute Gasteiger partial charge is 0.308 e. The maximum absolute atomic E-state index is 12.7. The minimum absolute atomic E-state index is 0.0274. The summed E-state index contributed by atoms with van der Waals surface area (Å²) >= 11 is 0. The molecule has 0 radical (unpaired) electrons. The number of amides is 1. The van der Waals surface area contributed by atoms with E-state index in [1.807, 2.05) is 0 Å². The molecule has 3 rings (SSSR count). The standard InChI is InChI=1S/C17H14N2O4/c20-16-6-3-11-18(15-5-2-1-4-14(15)16)17(21)12-7-9-13(10-8-12)19(22)23/h1-2,4-5,7-10H,3,6,11H2. The van der Waals surface area contributed by atoms with Crippen molar-refractivity contribution in [2.24, 2.45) is 0 Å². The zero-order valence-corrected chi connectivity index (χ0v) is 12.3. The van der Waals surface area contributed by atoms with Crippen molar-refractivity contribution >= 4 is 23.1 Å². The number of nitrogens with zero attached hydrogens (tertiary/aromatic N) is 2. The Morgan fingerprint density at radius 1 is 1.09 bits per heavy atom. The van der Waals surface area contributed by atoms with Crippen LogP contribution in [-0.4, -0.2) is 23.2 Å². The van der Waals surface area contributed by atoms with Gasteiger partial charge in [0.1, 0.15) is 0 Å². The molecule has 0 saturated heterocycles. The highest BCUT2D eigenvalue weighted by Gasteiger charge is 2.25. The number of fused-ring (bicyclic) bond motifs is 1. The Labute approximate surface area is 132 Å². The van der Waals surface area contributed by atoms with Gasteiger partial charge in [0, 0.05) is 36.2 Å². The van der Waals surface area contributed by atoms with E-state index in [2.05, 4.69) is 0 Å². The second-order valence-corrected chi connectivity index (χ2v) is 5.30. The number of hydrogen-bond donors (Lipinski definition) is 0. The molecule has 1 heterocycles. The first kappa shape index (κ1) is 14.9. The molecule has 0 unspecified atom stereocenters. The average Bonchev–Trinajstić information content (AvgIpc) is 2.74. The smallest absolute Gasteiger partial charge is 0.269 e. The Morgan fingerprint density at radius 3 is 2.48 bits per heavy atom. The topological polar surface area (TPSA) is 80.5 Å². The molecule has 0 spiro atoms. The van der Waals surface area contributed by atoms with E-state index >= 15 is 0 Å². The van der Waals surface area contributed by atoms with Crippen LogP contribution in [0.1, 0.15) is 33.6 Å². The van der Waals surface area contributed by atoms with Gasteiger partial charge in [-0.3, -0.25) is 19.7 Å². The fourth-order valence-corrected chi connectivity index (χ4v) is 2.69. The van der Waals surface area contributed by atoms with Crippen molar-refractivity contribution in [3.05, 3.63) is 69.8 Å². The number of Topliss-reactive ketones (excluding diaryl/α,β-unsaturated/α-hetero) is 1. The maximum atomic E-state index is 12.7. The Bertz CT molecular complexity index is 783. The number of nitro benzene ring substituents is 1. The molecule has 1 amide bonds. The van der Waals surface area contributed by atoms with Crippen LogP contribution in [0.3, 0.4) is 0 Å². The Morgan fingerprint density at radius 2 is 1.78 bits per heavy atom. The van der Waals surface area contributed by atoms with Crippen molar-refractivity contribution in [1.82, 2.24) is 0 Å². The van der Waals surface area contributed by atoms with Gasteiger partial charge in [0.15, 0.2) is 5.78 Å². The fourth-order valence-electron chi connectivity index (χ4n) is 2.69. The number of carbonyl (C=O) groups excluding carboxylic acids is 2. The molecule has 0 aliphatic carbocycles. The Balaban J connectivity index is 1.97. The summed E-state index contributed by atoms with van der Waals surface area (Å²) in [5, 5.41) is 10.7. The van der Waals surface area contributed by atoms with Gasteiger partial charge in [0.2, 0.25) is 0 Å². The van der Waals surface area contributed by atoms with Crippen LogP contribution >= 0.6 is 0 Å². The third-order valence-electron chi connectivity index (χ3n) is 3.85. The van der Waals surface area contributed by atoms with Crippen LogP contribution in [0.4, 0.5) is 11.4 Å². The van der Waals surface area contributed by atoms with Gasteiger partial charge in [-0.1, -0.05) is 12.1 Å². The van der Waals surface area contributed by atoms with Crippen molar-refractivity contribution in [3.63, 3.8) is 0 Å². The first-order chi connectivity index (χ1) is 11.1. The first-order valence-corrected chi connectivity index (χ1v) is 7.26. The van der Waals surface area contributed by atoms with Gasteiger partial charge >= 0.3 is 0 Å². The van der Waals surface area contributed by atoms with Gasteiger partial charge in [-0.15, -0.1) is 0 Å². The molecule has 6 heteroatoms. The number of para-hydroxylation sites is 1. The third-order valence-corrected chi connectivity index (χ3v) is 3.85. The summed E-state index contributed by atoms with van der Waals surface area (Å²) in [5.74, 6) is -0.235. The molecule has 1 aliphatic heterocycles. The SMILES string of the molecule is O=C1CCCN(C(=O)c2ccc([N+](=O)[O-])cc2)c2ccccc21. The third kappa shape index (κ3) is 2.83. The lowest BCUT2D eigenvalue weighted by atomic mass is 10.1. The van der Waals surface area contributed by atoms with Crippen LogP contribution in [0.2, 0.25) is 0 Å². The minimum atomic E-state index is -0.506. The molecule has 23 heavy (non-hydrogen) atoms. The van der Waals surface area contributed by atoms with Crippen LogP contribution < -0.4 is 4.90 Å². The number of benzene rings is 2. The van der Waals surface area contributed by atoms with Crippen LogP contribution in [0, 0.1) is 10.1 Å². The highest BCUT2D eigenvalue weighted by molar-refractivity contribution is 6.11.